The van der Waals surface area contributed by atoms with Gasteiger partial charge in [0.25, 0.3) is 0 Å². The molecule has 2 saturated heterocycles. The number of rotatable bonds is 3. The van der Waals surface area contributed by atoms with Gasteiger partial charge in [0.15, 0.2) is 0 Å². The molecule has 0 saturated carbocycles. The number of ketones is 1. The first-order valence-corrected chi connectivity index (χ1v) is 8.43. The molecule has 1 atom stereocenters. The van der Waals surface area contributed by atoms with E-state index >= 15 is 0 Å². The summed E-state index contributed by atoms with van der Waals surface area (Å²) in [5, 5.41) is 0. The summed E-state index contributed by atoms with van der Waals surface area (Å²) >= 11 is 0. The third-order valence-electron chi connectivity index (χ3n) is 4.96. The van der Waals surface area contributed by atoms with Gasteiger partial charge in [-0.2, -0.15) is 0 Å². The van der Waals surface area contributed by atoms with E-state index in [1.165, 1.54) is 19.4 Å². The summed E-state index contributed by atoms with van der Waals surface area (Å²) in [5.74, 6) is 0.936. The van der Waals surface area contributed by atoms with Crippen molar-refractivity contribution in [2.75, 3.05) is 36.8 Å². The van der Waals surface area contributed by atoms with Crippen LogP contribution in [0, 0.1) is 0 Å². The third-order valence-corrected chi connectivity index (χ3v) is 4.96. The maximum Gasteiger partial charge on any atom is 0.215 e. The van der Waals surface area contributed by atoms with Gasteiger partial charge in [0.1, 0.15) is 17.3 Å². The van der Waals surface area contributed by atoms with E-state index in [1.807, 2.05) is 12.1 Å². The highest BCUT2D eigenvalue weighted by molar-refractivity contribution is 6.10. The topological polar surface area (TPSA) is 75.3 Å². The predicted molar refractivity (Wildman–Crippen MR) is 93.1 cm³/mol. The molecule has 2 N–H and O–H groups in total. The Kier molecular flexibility index (Phi) is 3.90. The van der Waals surface area contributed by atoms with Gasteiger partial charge < -0.3 is 10.6 Å². The van der Waals surface area contributed by atoms with Crippen LogP contribution in [-0.2, 0) is 0 Å². The fourth-order valence-electron chi connectivity index (χ4n) is 3.67. The molecule has 0 unspecified atom stereocenters. The lowest BCUT2D eigenvalue weighted by atomic mass is 10.1. The molecule has 0 bridgehead atoms. The van der Waals surface area contributed by atoms with E-state index < -0.39 is 0 Å². The zero-order chi connectivity index (χ0) is 16.5. The van der Waals surface area contributed by atoms with Crippen LogP contribution in [0.2, 0.25) is 0 Å². The van der Waals surface area contributed by atoms with Crippen LogP contribution in [-0.4, -0.2) is 52.9 Å². The number of hydrogen-bond acceptors (Lipinski definition) is 6. The summed E-state index contributed by atoms with van der Waals surface area (Å²) in [5.41, 5.74) is 6.65. The molecule has 124 valence electrons. The van der Waals surface area contributed by atoms with E-state index in [0.717, 1.165) is 25.5 Å². The van der Waals surface area contributed by atoms with Crippen LogP contribution in [0.1, 0.15) is 28.9 Å². The van der Waals surface area contributed by atoms with Crippen LogP contribution in [0.5, 0.6) is 0 Å². The van der Waals surface area contributed by atoms with E-state index in [-0.39, 0.29) is 11.6 Å². The monoisotopic (exact) mass is 323 g/mol. The second kappa shape index (κ2) is 6.20. The van der Waals surface area contributed by atoms with Gasteiger partial charge in [-0.05, 0) is 43.7 Å². The summed E-state index contributed by atoms with van der Waals surface area (Å²) in [6.07, 6.45) is 4.11. The van der Waals surface area contributed by atoms with Crippen LogP contribution in [0.3, 0.4) is 0 Å². The van der Waals surface area contributed by atoms with Gasteiger partial charge in [-0.1, -0.05) is 6.07 Å². The van der Waals surface area contributed by atoms with Gasteiger partial charge in [0.05, 0.1) is 5.56 Å². The lowest BCUT2D eigenvalue weighted by Gasteiger charge is -2.38. The largest absolute Gasteiger partial charge is 0.383 e. The highest BCUT2D eigenvalue weighted by Gasteiger charge is 2.31. The quantitative estimate of drug-likeness (QED) is 0.864. The SMILES string of the molecule is Nc1ncccc1C(=O)c1cccc(N2CCN3CCC[C@@H]3C2)n1. The van der Waals surface area contributed by atoms with E-state index in [2.05, 4.69) is 19.8 Å². The van der Waals surface area contributed by atoms with Gasteiger partial charge in [0, 0.05) is 31.9 Å². The maximum absolute atomic E-state index is 12.7. The summed E-state index contributed by atoms with van der Waals surface area (Å²) < 4.78 is 0. The van der Waals surface area contributed by atoms with Crippen molar-refractivity contribution in [3.05, 3.63) is 47.8 Å². The lowest BCUT2D eigenvalue weighted by molar-refractivity contribution is 0.103. The number of anilines is 2. The number of nitrogens with zero attached hydrogens (tertiary/aromatic N) is 4. The fraction of sp³-hybridized carbons (Fsp3) is 0.389. The Bertz CT molecular complexity index is 763. The average Bonchev–Trinajstić information content (AvgIpc) is 3.09. The normalized spacial score (nSPS) is 20.8. The molecule has 2 aromatic heterocycles. The molecule has 24 heavy (non-hydrogen) atoms. The van der Waals surface area contributed by atoms with E-state index in [0.29, 0.717) is 17.3 Å². The standard InChI is InChI=1S/C18H21N5O/c19-18-14(5-2-8-20-18)17(24)15-6-1-7-16(21-15)23-11-10-22-9-3-4-13(22)12-23/h1-2,5-8,13H,3-4,9-12H2,(H2,19,20)/t13-/m1/s1. The van der Waals surface area contributed by atoms with Crippen molar-refractivity contribution >= 4 is 17.4 Å². The first-order chi connectivity index (χ1) is 11.7. The molecular weight excluding hydrogens is 302 g/mol. The minimum atomic E-state index is -0.179. The van der Waals surface area contributed by atoms with Crippen molar-refractivity contribution in [1.29, 1.82) is 0 Å². The van der Waals surface area contributed by atoms with Crippen molar-refractivity contribution in [2.45, 2.75) is 18.9 Å². The molecule has 0 spiro atoms. The Morgan fingerprint density at radius 3 is 2.96 bits per heavy atom. The van der Waals surface area contributed by atoms with Crippen LogP contribution in [0.15, 0.2) is 36.5 Å². The number of carbonyl (C=O) groups is 1. The molecule has 2 aliphatic heterocycles. The van der Waals surface area contributed by atoms with E-state index in [1.54, 1.807) is 24.4 Å². The molecule has 2 fully saturated rings. The van der Waals surface area contributed by atoms with Gasteiger partial charge in [-0.15, -0.1) is 0 Å². The van der Waals surface area contributed by atoms with E-state index in [4.69, 9.17) is 5.73 Å². The Morgan fingerprint density at radius 2 is 2.08 bits per heavy atom. The van der Waals surface area contributed by atoms with Gasteiger partial charge in [0.2, 0.25) is 5.78 Å². The van der Waals surface area contributed by atoms with Crippen molar-refractivity contribution in [3.8, 4) is 0 Å². The molecule has 4 rings (SSSR count). The number of fused-ring (bicyclic) bond motifs is 1. The Morgan fingerprint density at radius 1 is 1.17 bits per heavy atom. The zero-order valence-corrected chi connectivity index (χ0v) is 13.6. The fourth-order valence-corrected chi connectivity index (χ4v) is 3.67. The number of pyridine rings is 2. The summed E-state index contributed by atoms with van der Waals surface area (Å²) in [6, 6.07) is 9.64. The van der Waals surface area contributed by atoms with Crippen molar-refractivity contribution in [1.82, 2.24) is 14.9 Å². The predicted octanol–water partition coefficient (Wildman–Crippen LogP) is 1.57. The van der Waals surface area contributed by atoms with Crippen LogP contribution >= 0.6 is 0 Å². The van der Waals surface area contributed by atoms with Gasteiger partial charge in [-0.25, -0.2) is 9.97 Å². The highest BCUT2D eigenvalue weighted by Crippen LogP contribution is 2.25. The number of carbonyl (C=O) groups excluding carboxylic acids is 1. The van der Waals surface area contributed by atoms with Gasteiger partial charge >= 0.3 is 0 Å². The smallest absolute Gasteiger partial charge is 0.215 e. The lowest BCUT2D eigenvalue weighted by Crippen LogP contribution is -2.50. The number of aromatic nitrogens is 2. The van der Waals surface area contributed by atoms with Crippen molar-refractivity contribution in [2.24, 2.45) is 0 Å². The van der Waals surface area contributed by atoms with Crippen molar-refractivity contribution in [3.63, 3.8) is 0 Å². The number of piperazine rings is 1. The second-order valence-electron chi connectivity index (χ2n) is 6.42. The molecule has 6 heteroatoms. The number of nitrogens with two attached hydrogens (primary N) is 1. The maximum atomic E-state index is 12.7. The summed E-state index contributed by atoms with van der Waals surface area (Å²) in [4.78, 5) is 26.1. The minimum absolute atomic E-state index is 0.179. The molecule has 2 aliphatic rings. The highest BCUT2D eigenvalue weighted by atomic mass is 16.1. The molecule has 0 radical (unpaired) electrons. The number of hydrogen-bond donors (Lipinski definition) is 1. The van der Waals surface area contributed by atoms with Crippen LogP contribution in [0.25, 0.3) is 0 Å². The average molecular weight is 323 g/mol. The molecule has 4 heterocycles. The molecule has 0 aliphatic carbocycles. The molecular formula is C18H21N5O. The molecule has 0 aromatic carbocycles. The first-order valence-electron chi connectivity index (χ1n) is 8.43. The molecule has 6 nitrogen and oxygen atoms in total. The molecule has 2 aromatic rings. The summed E-state index contributed by atoms with van der Waals surface area (Å²) in [7, 11) is 0. The Balaban J connectivity index is 1.58. The minimum Gasteiger partial charge on any atom is -0.383 e. The Hall–Kier alpha value is -2.47. The van der Waals surface area contributed by atoms with Crippen LogP contribution < -0.4 is 10.6 Å². The zero-order valence-electron chi connectivity index (χ0n) is 13.6. The van der Waals surface area contributed by atoms with Crippen molar-refractivity contribution < 1.29 is 4.79 Å². The van der Waals surface area contributed by atoms with Crippen LogP contribution in [0.4, 0.5) is 11.6 Å². The first kappa shape index (κ1) is 15.1. The number of nitrogen functional groups attached to an aromatic ring is 1. The van der Waals surface area contributed by atoms with Gasteiger partial charge in [-0.3, -0.25) is 9.69 Å². The second-order valence-corrected chi connectivity index (χ2v) is 6.42. The third kappa shape index (κ3) is 2.73. The van der Waals surface area contributed by atoms with E-state index in [9.17, 15) is 4.79 Å². The molecule has 0 amide bonds. The Labute approximate surface area is 141 Å². The summed E-state index contributed by atoms with van der Waals surface area (Å²) in [6.45, 7) is 4.22.